The molecule has 0 amide bonds. The van der Waals surface area contributed by atoms with Crippen molar-refractivity contribution in [2.45, 2.75) is 95.8 Å². The van der Waals surface area contributed by atoms with Crippen LogP contribution in [0.1, 0.15) is 88.2 Å². The van der Waals surface area contributed by atoms with Crippen molar-refractivity contribution in [1.29, 1.82) is 0 Å². The Bertz CT molecular complexity index is 778. The Morgan fingerprint density at radius 1 is 0.967 bits per heavy atom. The SMILES string of the molecule is Cc1ccc(C)c(N=C2N=NC3(CCCCCCCCCCC(=O)OCCC3)S2)c1. The number of carbonyl (C=O) groups excluding carboxylic acids is 1. The number of thioether (sulfide) groups is 1. The summed E-state index contributed by atoms with van der Waals surface area (Å²) in [6.07, 6.45) is 12.8. The molecule has 0 saturated carbocycles. The van der Waals surface area contributed by atoms with Gasteiger partial charge in [0.25, 0.3) is 0 Å². The van der Waals surface area contributed by atoms with Gasteiger partial charge < -0.3 is 4.74 Å². The number of amidine groups is 1. The molecule has 164 valence electrons. The van der Waals surface area contributed by atoms with Crippen molar-refractivity contribution < 1.29 is 9.53 Å². The van der Waals surface area contributed by atoms with Crippen LogP contribution in [0, 0.1) is 13.8 Å². The fourth-order valence-electron chi connectivity index (χ4n) is 4.00. The van der Waals surface area contributed by atoms with E-state index in [2.05, 4.69) is 37.2 Å². The zero-order valence-corrected chi connectivity index (χ0v) is 19.3. The highest BCUT2D eigenvalue weighted by Crippen LogP contribution is 2.44. The van der Waals surface area contributed by atoms with Gasteiger partial charge in [0, 0.05) is 6.42 Å². The Morgan fingerprint density at radius 2 is 1.67 bits per heavy atom. The molecule has 1 aromatic carbocycles. The predicted octanol–water partition coefficient (Wildman–Crippen LogP) is 7.42. The lowest BCUT2D eigenvalue weighted by molar-refractivity contribution is -0.143. The van der Waals surface area contributed by atoms with E-state index in [4.69, 9.17) is 14.8 Å². The monoisotopic (exact) mass is 429 g/mol. The molecule has 1 spiro atoms. The number of carbonyl (C=O) groups is 1. The molecule has 0 N–H and O–H groups in total. The number of benzene rings is 1. The van der Waals surface area contributed by atoms with Crippen LogP contribution in [0.15, 0.2) is 33.4 Å². The fourth-order valence-corrected chi connectivity index (χ4v) is 5.14. The molecular weight excluding hydrogens is 394 g/mol. The molecule has 2 heterocycles. The number of aliphatic imine (C=N–C) groups is 1. The molecule has 1 aromatic rings. The average Bonchev–Trinajstić information content (AvgIpc) is 3.12. The second-order valence-corrected chi connectivity index (χ2v) is 9.91. The molecule has 3 rings (SSSR count). The number of cyclic esters (lactones) is 1. The molecular formula is C24H35N3O2S. The molecule has 1 fully saturated rings. The molecule has 2 aliphatic heterocycles. The molecule has 30 heavy (non-hydrogen) atoms. The van der Waals surface area contributed by atoms with Crippen LogP contribution in [0.5, 0.6) is 0 Å². The van der Waals surface area contributed by atoms with Crippen LogP contribution in [-0.4, -0.2) is 22.6 Å². The minimum absolute atomic E-state index is 0.0611. The first kappa shape index (κ1) is 23.0. The first-order chi connectivity index (χ1) is 14.6. The molecule has 0 aliphatic carbocycles. The maximum atomic E-state index is 11.9. The third-order valence-corrected chi connectivity index (χ3v) is 7.08. The largest absolute Gasteiger partial charge is 0.466 e. The van der Waals surface area contributed by atoms with E-state index in [0.29, 0.717) is 13.0 Å². The van der Waals surface area contributed by atoms with Gasteiger partial charge in [0.2, 0.25) is 5.17 Å². The number of esters is 1. The molecule has 2 aliphatic rings. The normalized spacial score (nSPS) is 26.2. The summed E-state index contributed by atoms with van der Waals surface area (Å²) in [6.45, 7) is 4.63. The van der Waals surface area contributed by atoms with E-state index in [-0.39, 0.29) is 10.8 Å². The lowest BCUT2D eigenvalue weighted by Crippen LogP contribution is -2.21. The van der Waals surface area contributed by atoms with Crippen molar-refractivity contribution in [2.24, 2.45) is 15.2 Å². The summed E-state index contributed by atoms with van der Waals surface area (Å²) in [6, 6.07) is 6.30. The van der Waals surface area contributed by atoms with Gasteiger partial charge in [-0.3, -0.25) is 4.79 Å². The van der Waals surface area contributed by atoms with Gasteiger partial charge >= 0.3 is 5.97 Å². The number of hydrogen-bond acceptors (Lipinski definition) is 5. The lowest BCUT2D eigenvalue weighted by Gasteiger charge is -2.23. The summed E-state index contributed by atoms with van der Waals surface area (Å²) in [5, 5.41) is 9.89. The maximum Gasteiger partial charge on any atom is 0.305 e. The summed E-state index contributed by atoms with van der Waals surface area (Å²) in [5.74, 6) is -0.0611. The minimum Gasteiger partial charge on any atom is -0.466 e. The van der Waals surface area contributed by atoms with Crippen LogP contribution in [0.3, 0.4) is 0 Å². The highest BCUT2D eigenvalue weighted by atomic mass is 32.2. The van der Waals surface area contributed by atoms with Crippen molar-refractivity contribution in [1.82, 2.24) is 0 Å². The second-order valence-electron chi connectivity index (χ2n) is 8.59. The number of nitrogens with zero attached hydrogens (tertiary/aromatic N) is 3. The maximum absolute atomic E-state index is 11.9. The van der Waals surface area contributed by atoms with Gasteiger partial charge in [-0.25, -0.2) is 4.99 Å². The number of aryl methyl sites for hydroxylation is 2. The topological polar surface area (TPSA) is 63.4 Å². The molecule has 0 radical (unpaired) electrons. The van der Waals surface area contributed by atoms with Crippen LogP contribution in [-0.2, 0) is 9.53 Å². The Kier molecular flexibility index (Phi) is 8.91. The Hall–Kier alpha value is -1.69. The average molecular weight is 430 g/mol. The Balaban J connectivity index is 1.64. The zero-order chi connectivity index (χ0) is 21.2. The lowest BCUT2D eigenvalue weighted by atomic mass is 10.0. The van der Waals surface area contributed by atoms with E-state index in [9.17, 15) is 4.79 Å². The summed E-state index contributed by atoms with van der Waals surface area (Å²) in [5.41, 5.74) is 3.31. The third kappa shape index (κ3) is 7.22. The van der Waals surface area contributed by atoms with Gasteiger partial charge in [0.15, 0.2) is 0 Å². The van der Waals surface area contributed by atoms with Crippen molar-refractivity contribution >= 4 is 28.6 Å². The predicted molar refractivity (Wildman–Crippen MR) is 125 cm³/mol. The van der Waals surface area contributed by atoms with Gasteiger partial charge in [-0.15, -0.1) is 5.11 Å². The van der Waals surface area contributed by atoms with Crippen molar-refractivity contribution in [3.8, 4) is 0 Å². The first-order valence-electron chi connectivity index (χ1n) is 11.5. The molecule has 1 atom stereocenters. The fraction of sp³-hybridized carbons (Fsp3) is 0.667. The molecule has 0 bridgehead atoms. The van der Waals surface area contributed by atoms with Crippen molar-refractivity contribution in [2.75, 3.05) is 6.61 Å². The zero-order valence-electron chi connectivity index (χ0n) is 18.5. The quantitative estimate of drug-likeness (QED) is 0.436. The van der Waals surface area contributed by atoms with E-state index in [0.717, 1.165) is 54.9 Å². The van der Waals surface area contributed by atoms with Crippen LogP contribution >= 0.6 is 11.8 Å². The smallest absolute Gasteiger partial charge is 0.305 e. The van der Waals surface area contributed by atoms with E-state index in [1.54, 1.807) is 11.8 Å². The number of hydrogen-bond donors (Lipinski definition) is 0. The van der Waals surface area contributed by atoms with E-state index in [1.807, 2.05) is 0 Å². The number of rotatable bonds is 1. The van der Waals surface area contributed by atoms with Gasteiger partial charge in [0.1, 0.15) is 4.87 Å². The minimum atomic E-state index is -0.264. The van der Waals surface area contributed by atoms with Crippen LogP contribution in [0.2, 0.25) is 0 Å². The summed E-state index contributed by atoms with van der Waals surface area (Å²) in [7, 11) is 0. The molecule has 0 aromatic heterocycles. The van der Waals surface area contributed by atoms with E-state index >= 15 is 0 Å². The summed E-state index contributed by atoms with van der Waals surface area (Å²) < 4.78 is 5.45. The second kappa shape index (κ2) is 11.6. The van der Waals surface area contributed by atoms with Gasteiger partial charge in [-0.05, 0) is 56.7 Å². The molecule has 1 unspecified atom stereocenters. The van der Waals surface area contributed by atoms with E-state index in [1.165, 1.54) is 37.7 Å². The van der Waals surface area contributed by atoms with Gasteiger partial charge in [-0.1, -0.05) is 68.8 Å². The Labute approximate surface area is 185 Å². The van der Waals surface area contributed by atoms with Crippen LogP contribution in [0.4, 0.5) is 5.69 Å². The molecule has 5 nitrogen and oxygen atoms in total. The number of azo groups is 1. The van der Waals surface area contributed by atoms with Crippen LogP contribution < -0.4 is 0 Å². The molecule has 6 heteroatoms. The first-order valence-corrected chi connectivity index (χ1v) is 12.3. The Morgan fingerprint density at radius 3 is 2.47 bits per heavy atom. The number of ether oxygens (including phenoxy) is 1. The highest BCUT2D eigenvalue weighted by molar-refractivity contribution is 8.15. The molecule has 1 saturated heterocycles. The highest BCUT2D eigenvalue weighted by Gasteiger charge is 2.37. The third-order valence-electron chi connectivity index (χ3n) is 5.85. The van der Waals surface area contributed by atoms with E-state index < -0.39 is 0 Å². The standard InChI is InChI=1S/C24H35N3O2S/c1-19-13-14-20(2)21(18-19)25-23-26-27-24(30-23)15-10-8-6-4-3-5-7-9-12-22(28)29-17-11-16-24/h13-14,18H,3-12,15-17H2,1-2H3. The summed E-state index contributed by atoms with van der Waals surface area (Å²) in [4.78, 5) is 16.4. The van der Waals surface area contributed by atoms with Crippen molar-refractivity contribution in [3.05, 3.63) is 29.3 Å². The van der Waals surface area contributed by atoms with Crippen LogP contribution in [0.25, 0.3) is 0 Å². The van der Waals surface area contributed by atoms with Crippen molar-refractivity contribution in [3.63, 3.8) is 0 Å². The van der Waals surface area contributed by atoms with Gasteiger partial charge in [-0.2, -0.15) is 5.11 Å². The summed E-state index contributed by atoms with van der Waals surface area (Å²) >= 11 is 1.69. The van der Waals surface area contributed by atoms with Gasteiger partial charge in [0.05, 0.1) is 12.3 Å².